The van der Waals surface area contributed by atoms with Crippen molar-refractivity contribution in [1.82, 2.24) is 10.2 Å². The zero-order valence-electron chi connectivity index (χ0n) is 11.5. The van der Waals surface area contributed by atoms with Gasteiger partial charge in [-0.15, -0.1) is 24.2 Å². The fourth-order valence-electron chi connectivity index (χ4n) is 2.48. The van der Waals surface area contributed by atoms with Gasteiger partial charge in [0.25, 0.3) is 0 Å². The van der Waals surface area contributed by atoms with Crippen LogP contribution in [0.3, 0.4) is 0 Å². The summed E-state index contributed by atoms with van der Waals surface area (Å²) in [6, 6.07) is 7.83. The van der Waals surface area contributed by atoms with Crippen LogP contribution in [0.4, 0.5) is 8.78 Å². The topological polar surface area (TPSA) is 15.3 Å². The second kappa shape index (κ2) is 8.82. The van der Waals surface area contributed by atoms with Gasteiger partial charge >= 0.3 is 0 Å². The monoisotopic (exact) mass is 322 g/mol. The Bertz CT molecular complexity index is 383. The minimum atomic E-state index is -2.26. The van der Waals surface area contributed by atoms with E-state index in [0.29, 0.717) is 0 Å². The molecule has 0 aromatic heterocycles. The van der Waals surface area contributed by atoms with Crippen molar-refractivity contribution in [3.63, 3.8) is 0 Å². The molecule has 2 rings (SSSR count). The Hall–Kier alpha value is -0.360. The van der Waals surface area contributed by atoms with Crippen molar-refractivity contribution in [2.75, 3.05) is 32.4 Å². The van der Waals surface area contributed by atoms with Gasteiger partial charge in [-0.05, 0) is 24.0 Å². The SMILES string of the molecule is CSc1ccc([C@H](CC(F)F)N2CCNCC2)cc1.Cl. The number of hydrogen-bond acceptors (Lipinski definition) is 3. The number of nitrogens with one attached hydrogen (secondary N) is 1. The zero-order valence-corrected chi connectivity index (χ0v) is 13.2. The average Bonchev–Trinajstić information content (AvgIpc) is 2.46. The van der Waals surface area contributed by atoms with Crippen molar-refractivity contribution < 1.29 is 8.78 Å². The van der Waals surface area contributed by atoms with Crippen LogP contribution in [0.1, 0.15) is 18.0 Å². The number of benzene rings is 1. The van der Waals surface area contributed by atoms with Gasteiger partial charge in [0, 0.05) is 43.5 Å². The molecule has 2 nitrogen and oxygen atoms in total. The van der Waals surface area contributed by atoms with Crippen LogP contribution < -0.4 is 5.32 Å². The van der Waals surface area contributed by atoms with E-state index in [9.17, 15) is 8.78 Å². The smallest absolute Gasteiger partial charge is 0.240 e. The number of piperazine rings is 1. The number of halogens is 3. The highest BCUT2D eigenvalue weighted by Crippen LogP contribution is 2.29. The lowest BCUT2D eigenvalue weighted by Gasteiger charge is -2.35. The van der Waals surface area contributed by atoms with E-state index in [0.717, 1.165) is 31.7 Å². The van der Waals surface area contributed by atoms with Crippen LogP contribution in [0.15, 0.2) is 29.2 Å². The van der Waals surface area contributed by atoms with Crippen LogP contribution in [0.2, 0.25) is 0 Å². The van der Waals surface area contributed by atoms with Crippen LogP contribution >= 0.6 is 24.2 Å². The maximum absolute atomic E-state index is 12.8. The van der Waals surface area contributed by atoms with Gasteiger partial charge in [0.2, 0.25) is 6.43 Å². The van der Waals surface area contributed by atoms with Crippen molar-refractivity contribution >= 4 is 24.2 Å². The Morgan fingerprint density at radius 3 is 2.30 bits per heavy atom. The van der Waals surface area contributed by atoms with Crippen LogP contribution in [0.25, 0.3) is 0 Å². The van der Waals surface area contributed by atoms with Gasteiger partial charge in [0.05, 0.1) is 0 Å². The van der Waals surface area contributed by atoms with Crippen molar-refractivity contribution in [1.29, 1.82) is 0 Å². The molecule has 1 aliphatic rings. The third-order valence-corrected chi connectivity index (χ3v) is 4.24. The molecule has 0 aliphatic carbocycles. The molecule has 0 amide bonds. The molecule has 1 N–H and O–H groups in total. The summed E-state index contributed by atoms with van der Waals surface area (Å²) in [5.41, 5.74) is 1.00. The molecule has 1 aliphatic heterocycles. The Balaban J connectivity index is 0.00000200. The van der Waals surface area contributed by atoms with E-state index in [1.165, 1.54) is 4.90 Å². The second-order valence-corrected chi connectivity index (χ2v) is 5.58. The first-order chi connectivity index (χ1) is 9.20. The lowest BCUT2D eigenvalue weighted by atomic mass is 10.0. The summed E-state index contributed by atoms with van der Waals surface area (Å²) in [7, 11) is 0. The zero-order chi connectivity index (χ0) is 13.7. The maximum Gasteiger partial charge on any atom is 0.240 e. The van der Waals surface area contributed by atoms with Crippen molar-refractivity contribution in [2.24, 2.45) is 0 Å². The van der Waals surface area contributed by atoms with Crippen LogP contribution in [-0.4, -0.2) is 43.8 Å². The minimum absolute atomic E-state index is 0. The summed E-state index contributed by atoms with van der Waals surface area (Å²) in [4.78, 5) is 3.33. The molecule has 1 aromatic rings. The molecular formula is C14H21ClF2N2S. The molecule has 0 radical (unpaired) electrons. The Morgan fingerprint density at radius 1 is 1.20 bits per heavy atom. The lowest BCUT2D eigenvalue weighted by molar-refractivity contribution is 0.0739. The van der Waals surface area contributed by atoms with E-state index in [-0.39, 0.29) is 24.9 Å². The van der Waals surface area contributed by atoms with Gasteiger partial charge in [0.15, 0.2) is 0 Å². The largest absolute Gasteiger partial charge is 0.314 e. The second-order valence-electron chi connectivity index (χ2n) is 4.70. The molecular weight excluding hydrogens is 302 g/mol. The quantitative estimate of drug-likeness (QED) is 0.836. The molecule has 1 aromatic carbocycles. The summed E-state index contributed by atoms with van der Waals surface area (Å²) in [5, 5.41) is 3.26. The molecule has 0 bridgehead atoms. The van der Waals surface area contributed by atoms with Crippen LogP contribution in [-0.2, 0) is 0 Å². The highest BCUT2D eigenvalue weighted by Gasteiger charge is 2.25. The Labute approximate surface area is 129 Å². The number of rotatable bonds is 5. The number of nitrogens with zero attached hydrogens (tertiary/aromatic N) is 1. The van der Waals surface area contributed by atoms with E-state index in [1.807, 2.05) is 30.5 Å². The predicted molar refractivity (Wildman–Crippen MR) is 83.3 cm³/mol. The van der Waals surface area contributed by atoms with Gasteiger partial charge < -0.3 is 5.32 Å². The van der Waals surface area contributed by atoms with Crippen molar-refractivity contribution in [3.8, 4) is 0 Å². The molecule has 1 heterocycles. The standard InChI is InChI=1S/C14H20F2N2S.ClH/c1-19-12-4-2-11(3-5-12)13(10-14(15)16)18-8-6-17-7-9-18;/h2-5,13-14,17H,6-10H2,1H3;1H/t13-;/m0./s1. The number of hydrogen-bond donors (Lipinski definition) is 1. The molecule has 0 unspecified atom stereocenters. The molecule has 0 saturated carbocycles. The van der Waals surface area contributed by atoms with Gasteiger partial charge in [-0.3, -0.25) is 4.90 Å². The Morgan fingerprint density at radius 2 is 1.80 bits per heavy atom. The summed E-state index contributed by atoms with van der Waals surface area (Å²) < 4.78 is 25.6. The lowest BCUT2D eigenvalue weighted by Crippen LogP contribution is -2.45. The third kappa shape index (κ3) is 4.88. The van der Waals surface area contributed by atoms with E-state index in [2.05, 4.69) is 10.2 Å². The Kier molecular flexibility index (Phi) is 7.80. The highest BCUT2D eigenvalue weighted by molar-refractivity contribution is 7.98. The minimum Gasteiger partial charge on any atom is -0.314 e. The third-order valence-electron chi connectivity index (χ3n) is 3.49. The molecule has 1 saturated heterocycles. The first kappa shape index (κ1) is 17.7. The van der Waals surface area contributed by atoms with Gasteiger partial charge in [-0.2, -0.15) is 0 Å². The van der Waals surface area contributed by atoms with Crippen LogP contribution in [0.5, 0.6) is 0 Å². The first-order valence-electron chi connectivity index (χ1n) is 6.57. The molecule has 114 valence electrons. The van der Waals surface area contributed by atoms with E-state index < -0.39 is 6.43 Å². The van der Waals surface area contributed by atoms with Gasteiger partial charge in [0.1, 0.15) is 0 Å². The number of thioether (sulfide) groups is 1. The first-order valence-corrected chi connectivity index (χ1v) is 7.80. The molecule has 0 spiro atoms. The maximum atomic E-state index is 12.8. The predicted octanol–water partition coefficient (Wildman–Crippen LogP) is 3.43. The molecule has 20 heavy (non-hydrogen) atoms. The van der Waals surface area contributed by atoms with E-state index in [1.54, 1.807) is 11.8 Å². The van der Waals surface area contributed by atoms with Crippen LogP contribution in [0, 0.1) is 0 Å². The fraction of sp³-hybridized carbons (Fsp3) is 0.571. The summed E-state index contributed by atoms with van der Waals surface area (Å²) in [6.07, 6.45) is -0.333. The molecule has 1 fully saturated rings. The van der Waals surface area contributed by atoms with Gasteiger partial charge in [-0.25, -0.2) is 8.78 Å². The fourth-order valence-corrected chi connectivity index (χ4v) is 2.89. The van der Waals surface area contributed by atoms with E-state index in [4.69, 9.17) is 0 Å². The van der Waals surface area contributed by atoms with E-state index >= 15 is 0 Å². The van der Waals surface area contributed by atoms with Crippen molar-refractivity contribution in [3.05, 3.63) is 29.8 Å². The molecule has 1 atom stereocenters. The normalized spacial score (nSPS) is 17.8. The molecule has 6 heteroatoms. The van der Waals surface area contributed by atoms with Gasteiger partial charge in [-0.1, -0.05) is 12.1 Å². The van der Waals surface area contributed by atoms with Crippen molar-refractivity contribution in [2.45, 2.75) is 23.8 Å². The summed E-state index contributed by atoms with van der Waals surface area (Å²) in [6.45, 7) is 3.43. The summed E-state index contributed by atoms with van der Waals surface area (Å²) in [5.74, 6) is 0. The number of alkyl halides is 2. The average molecular weight is 323 g/mol. The summed E-state index contributed by atoms with van der Waals surface area (Å²) >= 11 is 1.67. The highest BCUT2D eigenvalue weighted by atomic mass is 35.5.